The largest absolute Gasteiger partial charge is 0.356 e. The van der Waals surface area contributed by atoms with E-state index < -0.39 is 0 Å². The van der Waals surface area contributed by atoms with Gasteiger partial charge in [0.15, 0.2) is 0 Å². The van der Waals surface area contributed by atoms with Crippen LogP contribution in [0.15, 0.2) is 12.4 Å². The van der Waals surface area contributed by atoms with E-state index in [4.69, 9.17) is 0 Å². The lowest BCUT2D eigenvalue weighted by Crippen LogP contribution is -2.34. The zero-order valence-electron chi connectivity index (χ0n) is 13.2. The number of piperidine rings is 1. The Balaban J connectivity index is 1.47. The van der Waals surface area contributed by atoms with Gasteiger partial charge in [-0.25, -0.2) is 9.97 Å². The third-order valence-corrected chi connectivity index (χ3v) is 4.68. The molecule has 2 fully saturated rings. The van der Waals surface area contributed by atoms with E-state index >= 15 is 0 Å². The zero-order valence-corrected chi connectivity index (χ0v) is 13.2. The molecule has 4 rings (SSSR count). The van der Waals surface area contributed by atoms with Crippen LogP contribution in [0, 0.1) is 13.8 Å². The average Bonchev–Trinajstić information content (AvgIpc) is 3.24. The smallest absolute Gasteiger partial charge is 0.136 e. The summed E-state index contributed by atoms with van der Waals surface area (Å²) in [5.41, 5.74) is 1.04. The molecule has 0 unspecified atom stereocenters. The summed E-state index contributed by atoms with van der Waals surface area (Å²) in [5, 5.41) is 8.53. The van der Waals surface area contributed by atoms with E-state index in [9.17, 15) is 0 Å². The predicted octanol–water partition coefficient (Wildman–Crippen LogP) is 2.40. The number of anilines is 1. The number of aromatic nitrogens is 5. The first-order chi connectivity index (χ1) is 10.7. The Labute approximate surface area is 130 Å². The second-order valence-corrected chi connectivity index (χ2v) is 6.50. The molecule has 6 nitrogen and oxygen atoms in total. The summed E-state index contributed by atoms with van der Waals surface area (Å²) in [7, 11) is 0. The maximum atomic E-state index is 4.58. The van der Waals surface area contributed by atoms with Gasteiger partial charge < -0.3 is 9.47 Å². The molecule has 116 valence electrons. The van der Waals surface area contributed by atoms with Crippen LogP contribution in [0.25, 0.3) is 0 Å². The summed E-state index contributed by atoms with van der Waals surface area (Å²) in [4.78, 5) is 11.3. The number of nitrogens with zero attached hydrogens (tertiary/aromatic N) is 6. The maximum Gasteiger partial charge on any atom is 0.136 e. The second kappa shape index (κ2) is 5.34. The van der Waals surface area contributed by atoms with Gasteiger partial charge in [0.05, 0.1) is 0 Å². The van der Waals surface area contributed by atoms with Crippen molar-refractivity contribution in [2.75, 3.05) is 18.0 Å². The molecule has 0 spiro atoms. The lowest BCUT2D eigenvalue weighted by Gasteiger charge is -2.32. The Hall–Kier alpha value is -1.98. The van der Waals surface area contributed by atoms with Crippen LogP contribution in [0.1, 0.15) is 55.0 Å². The van der Waals surface area contributed by atoms with E-state index in [1.165, 1.54) is 18.7 Å². The Morgan fingerprint density at radius 2 is 1.82 bits per heavy atom. The second-order valence-electron chi connectivity index (χ2n) is 6.50. The van der Waals surface area contributed by atoms with Crippen LogP contribution in [0.4, 0.5) is 5.82 Å². The summed E-state index contributed by atoms with van der Waals surface area (Å²) in [6.45, 7) is 6.04. The minimum atomic E-state index is 0.531. The molecule has 6 heteroatoms. The Morgan fingerprint density at radius 1 is 1.05 bits per heavy atom. The fraction of sp³-hybridized carbons (Fsp3) is 0.625. The van der Waals surface area contributed by atoms with Crippen molar-refractivity contribution in [1.29, 1.82) is 0 Å². The summed E-state index contributed by atoms with van der Waals surface area (Å²) >= 11 is 0. The van der Waals surface area contributed by atoms with Crippen LogP contribution in [0.2, 0.25) is 0 Å². The Kier molecular flexibility index (Phi) is 3.32. The van der Waals surface area contributed by atoms with E-state index in [0.29, 0.717) is 12.0 Å². The first-order valence-electron chi connectivity index (χ1n) is 8.17. The van der Waals surface area contributed by atoms with Crippen LogP contribution < -0.4 is 4.90 Å². The van der Waals surface area contributed by atoms with Gasteiger partial charge in [-0.1, -0.05) is 0 Å². The monoisotopic (exact) mass is 298 g/mol. The minimum absolute atomic E-state index is 0.531. The van der Waals surface area contributed by atoms with Crippen molar-refractivity contribution >= 4 is 5.82 Å². The number of hydrogen-bond acceptors (Lipinski definition) is 5. The summed E-state index contributed by atoms with van der Waals surface area (Å²) in [6.07, 6.45) is 6.71. The van der Waals surface area contributed by atoms with Crippen molar-refractivity contribution in [1.82, 2.24) is 24.7 Å². The van der Waals surface area contributed by atoms with Gasteiger partial charge >= 0.3 is 0 Å². The molecule has 0 aromatic carbocycles. The van der Waals surface area contributed by atoms with E-state index in [1.807, 2.05) is 20.2 Å². The third-order valence-electron chi connectivity index (χ3n) is 4.68. The predicted molar refractivity (Wildman–Crippen MR) is 84.0 cm³/mol. The van der Waals surface area contributed by atoms with E-state index in [2.05, 4.69) is 35.7 Å². The van der Waals surface area contributed by atoms with Gasteiger partial charge in [0.25, 0.3) is 0 Å². The Morgan fingerprint density at radius 3 is 2.50 bits per heavy atom. The lowest BCUT2D eigenvalue weighted by molar-refractivity contribution is 0.463. The number of rotatable bonds is 3. The summed E-state index contributed by atoms with van der Waals surface area (Å²) in [6, 6.07) is 2.75. The van der Waals surface area contributed by atoms with Crippen molar-refractivity contribution in [3.8, 4) is 0 Å². The quantitative estimate of drug-likeness (QED) is 0.871. The molecule has 1 saturated carbocycles. The average molecular weight is 298 g/mol. The van der Waals surface area contributed by atoms with Gasteiger partial charge in [-0.05, 0) is 39.5 Å². The highest BCUT2D eigenvalue weighted by atomic mass is 15.3. The molecule has 0 N–H and O–H groups in total. The fourth-order valence-corrected chi connectivity index (χ4v) is 3.40. The first kappa shape index (κ1) is 13.7. The van der Waals surface area contributed by atoms with E-state index in [1.54, 1.807) is 0 Å². The molecular weight excluding hydrogens is 276 g/mol. The minimum Gasteiger partial charge on any atom is -0.356 e. The third kappa shape index (κ3) is 2.58. The van der Waals surface area contributed by atoms with Gasteiger partial charge in [-0.3, -0.25) is 0 Å². The highest BCUT2D eigenvalue weighted by Gasteiger charge is 2.31. The molecule has 2 aromatic rings. The Bertz CT molecular complexity index is 647. The number of aryl methyl sites for hydroxylation is 2. The van der Waals surface area contributed by atoms with Gasteiger partial charge in [0, 0.05) is 36.8 Å². The van der Waals surface area contributed by atoms with Crippen molar-refractivity contribution < 1.29 is 0 Å². The lowest BCUT2D eigenvalue weighted by atomic mass is 9.96. The van der Waals surface area contributed by atoms with Gasteiger partial charge in [-0.15, -0.1) is 10.2 Å². The van der Waals surface area contributed by atoms with Gasteiger partial charge in [0.2, 0.25) is 0 Å². The molecule has 0 amide bonds. The standard InChI is InChI=1S/C16H22N6/c1-11-9-15(19-12(2)18-11)21-7-5-13(6-8-21)16-20-17-10-22(16)14-3-4-14/h9-10,13-14H,3-8H2,1-2H3. The molecule has 2 aromatic heterocycles. The molecule has 1 aliphatic carbocycles. The van der Waals surface area contributed by atoms with Gasteiger partial charge in [0.1, 0.15) is 23.8 Å². The molecule has 0 radical (unpaired) electrons. The molecule has 0 atom stereocenters. The van der Waals surface area contributed by atoms with Crippen LogP contribution in [-0.4, -0.2) is 37.8 Å². The van der Waals surface area contributed by atoms with E-state index in [0.717, 1.165) is 43.3 Å². The van der Waals surface area contributed by atoms with Crippen molar-refractivity contribution in [2.24, 2.45) is 0 Å². The zero-order chi connectivity index (χ0) is 15.1. The van der Waals surface area contributed by atoms with Crippen LogP contribution in [0.3, 0.4) is 0 Å². The van der Waals surface area contributed by atoms with Crippen molar-refractivity contribution in [3.05, 3.63) is 29.7 Å². The van der Waals surface area contributed by atoms with Gasteiger partial charge in [-0.2, -0.15) is 0 Å². The van der Waals surface area contributed by atoms with Crippen molar-refractivity contribution in [3.63, 3.8) is 0 Å². The normalized spacial score (nSPS) is 19.6. The molecule has 0 bridgehead atoms. The highest BCUT2D eigenvalue weighted by molar-refractivity contribution is 5.40. The highest BCUT2D eigenvalue weighted by Crippen LogP contribution is 2.38. The maximum absolute atomic E-state index is 4.58. The van der Waals surface area contributed by atoms with Crippen LogP contribution in [-0.2, 0) is 0 Å². The molecule has 2 aliphatic rings. The molecular formula is C16H22N6. The fourth-order valence-electron chi connectivity index (χ4n) is 3.40. The summed E-state index contributed by atoms with van der Waals surface area (Å²) in [5.74, 6) is 3.64. The van der Waals surface area contributed by atoms with E-state index in [-0.39, 0.29) is 0 Å². The van der Waals surface area contributed by atoms with Crippen molar-refractivity contribution in [2.45, 2.75) is 51.5 Å². The SMILES string of the molecule is Cc1cc(N2CCC(c3nncn3C3CC3)CC2)nc(C)n1. The van der Waals surface area contributed by atoms with Crippen LogP contribution >= 0.6 is 0 Å². The van der Waals surface area contributed by atoms with Crippen LogP contribution in [0.5, 0.6) is 0 Å². The molecule has 3 heterocycles. The first-order valence-corrected chi connectivity index (χ1v) is 8.17. The topological polar surface area (TPSA) is 59.7 Å². The number of hydrogen-bond donors (Lipinski definition) is 0. The molecule has 22 heavy (non-hydrogen) atoms. The molecule has 1 saturated heterocycles. The summed E-state index contributed by atoms with van der Waals surface area (Å²) < 4.78 is 2.30. The molecule has 1 aliphatic heterocycles.